The van der Waals surface area contributed by atoms with Crippen molar-refractivity contribution in [1.29, 1.82) is 0 Å². The fourth-order valence-corrected chi connectivity index (χ4v) is 3.16. The van der Waals surface area contributed by atoms with E-state index in [1.54, 1.807) is 6.92 Å². The minimum atomic E-state index is -4.68. The number of benzene rings is 1. The molecule has 1 aromatic rings. The average molecular weight is 318 g/mol. The highest BCUT2D eigenvalue weighted by atomic mass is 32.2. The number of aliphatic hydroxyl groups is 4. The summed E-state index contributed by atoms with van der Waals surface area (Å²) in [5.74, 6) is 0. The average Bonchev–Trinajstić information content (AvgIpc) is 2.44. The van der Waals surface area contributed by atoms with Gasteiger partial charge in [0.2, 0.25) is 9.84 Å². The minimum Gasteiger partial charge on any atom is -0.391 e. The van der Waals surface area contributed by atoms with E-state index in [0.29, 0.717) is 0 Å². The van der Waals surface area contributed by atoms with Crippen molar-refractivity contribution in [3.05, 3.63) is 29.8 Å². The van der Waals surface area contributed by atoms with Crippen LogP contribution in [-0.2, 0) is 14.6 Å². The Morgan fingerprint density at radius 1 is 1.14 bits per heavy atom. The number of carbonyl (C=O) groups is 1. The van der Waals surface area contributed by atoms with Crippen molar-refractivity contribution in [2.24, 2.45) is 0 Å². The molecule has 0 heterocycles. The van der Waals surface area contributed by atoms with E-state index in [1.165, 1.54) is 24.3 Å². The molecule has 0 unspecified atom stereocenters. The molecule has 0 aliphatic heterocycles. The van der Waals surface area contributed by atoms with Crippen molar-refractivity contribution in [2.75, 3.05) is 0 Å². The maximum atomic E-state index is 12.3. The summed E-state index contributed by atoms with van der Waals surface area (Å²) in [5.41, 5.74) is 0.758. The van der Waals surface area contributed by atoms with Crippen molar-refractivity contribution >= 4 is 16.1 Å². The Hall–Kier alpha value is -1.32. The highest BCUT2D eigenvalue weighted by molar-refractivity contribution is 7.93. The summed E-state index contributed by atoms with van der Waals surface area (Å²) >= 11 is 0. The smallest absolute Gasteiger partial charge is 0.255 e. The first-order chi connectivity index (χ1) is 9.57. The van der Waals surface area contributed by atoms with Gasteiger partial charge >= 0.3 is 0 Å². The molecule has 0 saturated heterocycles. The lowest BCUT2D eigenvalue weighted by atomic mass is 10.0. The van der Waals surface area contributed by atoms with Gasteiger partial charge in [-0.1, -0.05) is 17.7 Å². The van der Waals surface area contributed by atoms with Crippen molar-refractivity contribution in [2.45, 2.75) is 42.0 Å². The molecular formula is C13H18O7S. The Labute approximate surface area is 122 Å². The van der Waals surface area contributed by atoms with E-state index in [9.17, 15) is 33.6 Å². The fraction of sp³-hybridized carbons (Fsp3) is 0.462. The van der Waals surface area contributed by atoms with Crippen LogP contribution in [0.2, 0.25) is 0 Å². The molecule has 0 bridgehead atoms. The van der Waals surface area contributed by atoms with Gasteiger partial charge in [0.25, 0.3) is 4.93 Å². The van der Waals surface area contributed by atoms with Gasteiger partial charge in [0.05, 0.1) is 11.0 Å². The van der Waals surface area contributed by atoms with E-state index in [2.05, 4.69) is 0 Å². The van der Waals surface area contributed by atoms with Gasteiger partial charge < -0.3 is 20.4 Å². The van der Waals surface area contributed by atoms with Gasteiger partial charge in [-0.25, -0.2) is 8.42 Å². The standard InChI is InChI=1S/C13H18O7S/c1-8-3-5-10(6-4-8)21(19,20)13(18,7-14)12(17)11(16)9(2)15/h3-7,9,11-12,15-18H,1-2H3/t9-,11-,12+,13+/m0/s1. The number of aliphatic hydroxyl groups excluding tert-OH is 3. The first kappa shape index (κ1) is 17.7. The van der Waals surface area contributed by atoms with Gasteiger partial charge in [-0.3, -0.25) is 4.79 Å². The molecule has 0 spiro atoms. The first-order valence-corrected chi connectivity index (χ1v) is 7.60. The van der Waals surface area contributed by atoms with Gasteiger partial charge in [-0.2, -0.15) is 0 Å². The van der Waals surface area contributed by atoms with E-state index in [4.69, 9.17) is 0 Å². The molecule has 21 heavy (non-hydrogen) atoms. The molecule has 0 aromatic heterocycles. The van der Waals surface area contributed by atoms with Crippen molar-refractivity contribution in [3.63, 3.8) is 0 Å². The number of hydrogen-bond acceptors (Lipinski definition) is 7. The van der Waals surface area contributed by atoms with Gasteiger partial charge in [-0.15, -0.1) is 0 Å². The van der Waals surface area contributed by atoms with Crippen LogP contribution < -0.4 is 0 Å². The Kier molecular flexibility index (Phi) is 5.24. The van der Waals surface area contributed by atoms with E-state index >= 15 is 0 Å². The molecule has 4 atom stereocenters. The zero-order valence-corrected chi connectivity index (χ0v) is 12.4. The van der Waals surface area contributed by atoms with Crippen LogP contribution in [0.4, 0.5) is 0 Å². The summed E-state index contributed by atoms with van der Waals surface area (Å²) in [6.07, 6.45) is -6.32. The van der Waals surface area contributed by atoms with Crippen molar-refractivity contribution in [1.82, 2.24) is 0 Å². The van der Waals surface area contributed by atoms with Crippen LogP contribution in [0, 0.1) is 6.92 Å². The molecule has 4 N–H and O–H groups in total. The highest BCUT2D eigenvalue weighted by Gasteiger charge is 2.52. The van der Waals surface area contributed by atoms with E-state index in [1.807, 2.05) is 0 Å². The normalized spacial score (nSPS) is 19.3. The Morgan fingerprint density at radius 3 is 2.00 bits per heavy atom. The highest BCUT2D eigenvalue weighted by Crippen LogP contribution is 2.28. The largest absolute Gasteiger partial charge is 0.391 e. The Morgan fingerprint density at radius 2 is 1.62 bits per heavy atom. The third-order valence-corrected chi connectivity index (χ3v) is 5.26. The first-order valence-electron chi connectivity index (χ1n) is 6.12. The second-order valence-corrected chi connectivity index (χ2v) is 6.99. The second-order valence-electron chi connectivity index (χ2n) is 4.86. The lowest BCUT2D eigenvalue weighted by Crippen LogP contribution is -2.58. The number of rotatable bonds is 6. The van der Waals surface area contributed by atoms with Crippen LogP contribution in [0.5, 0.6) is 0 Å². The van der Waals surface area contributed by atoms with Gasteiger partial charge in [0, 0.05) is 0 Å². The van der Waals surface area contributed by atoms with Crippen LogP contribution in [0.3, 0.4) is 0 Å². The number of hydrogen-bond donors (Lipinski definition) is 4. The van der Waals surface area contributed by atoms with Gasteiger partial charge in [0.1, 0.15) is 12.2 Å². The molecule has 0 fully saturated rings. The summed E-state index contributed by atoms with van der Waals surface area (Å²) in [7, 11) is -4.68. The predicted molar refractivity (Wildman–Crippen MR) is 73.1 cm³/mol. The van der Waals surface area contributed by atoms with Gasteiger partial charge in [0.15, 0.2) is 6.29 Å². The maximum absolute atomic E-state index is 12.3. The lowest BCUT2D eigenvalue weighted by molar-refractivity contribution is -0.140. The molecular weight excluding hydrogens is 300 g/mol. The summed E-state index contributed by atoms with van der Waals surface area (Å²) in [4.78, 5) is 7.45. The molecule has 0 aliphatic rings. The second kappa shape index (κ2) is 6.20. The quantitative estimate of drug-likeness (QED) is 0.482. The van der Waals surface area contributed by atoms with Crippen LogP contribution in [0.15, 0.2) is 29.2 Å². The van der Waals surface area contributed by atoms with Crippen molar-refractivity contribution in [3.8, 4) is 0 Å². The molecule has 7 nitrogen and oxygen atoms in total. The molecule has 0 saturated carbocycles. The SMILES string of the molecule is Cc1ccc(S(=O)(=O)[C@](O)(C=O)[C@H](O)[C@@H](O)[C@H](C)O)cc1. The minimum absolute atomic E-state index is 0.363. The topological polar surface area (TPSA) is 132 Å². The van der Waals surface area contributed by atoms with E-state index < -0.39 is 33.1 Å². The van der Waals surface area contributed by atoms with Gasteiger partial charge in [-0.05, 0) is 26.0 Å². The molecule has 1 rings (SSSR count). The van der Waals surface area contributed by atoms with E-state index in [-0.39, 0.29) is 11.2 Å². The molecule has 0 amide bonds. The summed E-state index contributed by atoms with van der Waals surface area (Å²) < 4.78 is 24.7. The number of aldehydes is 1. The lowest BCUT2D eigenvalue weighted by Gasteiger charge is -2.31. The van der Waals surface area contributed by atoms with Crippen LogP contribution in [0.1, 0.15) is 12.5 Å². The summed E-state index contributed by atoms with van der Waals surface area (Å²) in [6.45, 7) is 2.80. The third-order valence-electron chi connectivity index (χ3n) is 3.17. The molecule has 8 heteroatoms. The van der Waals surface area contributed by atoms with Crippen LogP contribution >= 0.6 is 0 Å². The van der Waals surface area contributed by atoms with E-state index in [0.717, 1.165) is 12.5 Å². The molecule has 118 valence electrons. The Balaban J connectivity index is 3.35. The maximum Gasteiger partial charge on any atom is 0.255 e. The van der Waals surface area contributed by atoms with Crippen molar-refractivity contribution < 1.29 is 33.6 Å². The van der Waals surface area contributed by atoms with Crippen LogP contribution in [0.25, 0.3) is 0 Å². The summed E-state index contributed by atoms with van der Waals surface area (Å²) in [6, 6.07) is 5.24. The monoisotopic (exact) mass is 318 g/mol. The van der Waals surface area contributed by atoms with Crippen LogP contribution in [-0.4, -0.2) is 58.4 Å². The molecule has 1 aromatic carbocycles. The fourth-order valence-electron chi connectivity index (χ4n) is 1.71. The molecule has 0 radical (unpaired) electrons. The predicted octanol–water partition coefficient (Wildman–Crippen LogP) is -1.24. The molecule has 0 aliphatic carbocycles. The third kappa shape index (κ3) is 3.14. The summed E-state index contributed by atoms with van der Waals surface area (Å²) in [5, 5.41) is 38.6. The number of sulfone groups is 1. The zero-order valence-electron chi connectivity index (χ0n) is 11.5. The number of aryl methyl sites for hydroxylation is 1. The Bertz CT molecular complexity index is 593. The number of carbonyl (C=O) groups excluding carboxylic acids is 1. The zero-order chi connectivity index (χ0) is 16.4.